The molecule has 0 fully saturated rings. The van der Waals surface area contributed by atoms with E-state index in [1.165, 1.54) is 0 Å². The van der Waals surface area contributed by atoms with Crippen molar-refractivity contribution in [3.63, 3.8) is 0 Å². The van der Waals surface area contributed by atoms with Crippen molar-refractivity contribution in [2.45, 2.75) is 20.0 Å². The predicted octanol–water partition coefficient (Wildman–Crippen LogP) is 4.05. The lowest BCUT2D eigenvalue weighted by Crippen LogP contribution is -2.24. The monoisotopic (exact) mass is 416 g/mol. The van der Waals surface area contributed by atoms with Crippen molar-refractivity contribution in [2.24, 2.45) is 0 Å². The number of hydrogen-bond acceptors (Lipinski definition) is 6. The zero-order valence-electron chi connectivity index (χ0n) is 17.5. The molecule has 1 aromatic carbocycles. The minimum atomic E-state index is -0.105. The maximum atomic E-state index is 12.2. The van der Waals surface area contributed by atoms with E-state index in [2.05, 4.69) is 30.6 Å². The van der Waals surface area contributed by atoms with Crippen LogP contribution in [0, 0.1) is 0 Å². The fourth-order valence-electron chi connectivity index (χ4n) is 3.23. The SMILES string of the molecule is CCCNC(=O)c1cc2cc(Nc3nccc(-c4cc(COC)ccn4)n3)ccc2[nH]1. The van der Waals surface area contributed by atoms with Crippen molar-refractivity contribution in [3.05, 3.63) is 66.1 Å². The number of aromatic amines is 1. The normalized spacial score (nSPS) is 10.9. The zero-order chi connectivity index (χ0) is 21.6. The highest BCUT2D eigenvalue weighted by Gasteiger charge is 2.10. The number of methoxy groups -OCH3 is 1. The minimum Gasteiger partial charge on any atom is -0.380 e. The van der Waals surface area contributed by atoms with E-state index in [9.17, 15) is 4.79 Å². The van der Waals surface area contributed by atoms with Gasteiger partial charge in [0.1, 0.15) is 5.69 Å². The summed E-state index contributed by atoms with van der Waals surface area (Å²) in [5.41, 5.74) is 4.75. The molecule has 3 N–H and O–H groups in total. The van der Waals surface area contributed by atoms with E-state index in [-0.39, 0.29) is 5.91 Å². The highest BCUT2D eigenvalue weighted by molar-refractivity contribution is 5.98. The summed E-state index contributed by atoms with van der Waals surface area (Å²) >= 11 is 0. The van der Waals surface area contributed by atoms with Gasteiger partial charge in [-0.25, -0.2) is 9.97 Å². The summed E-state index contributed by atoms with van der Waals surface area (Å²) in [5.74, 6) is 0.360. The number of benzene rings is 1. The molecule has 0 unspecified atom stereocenters. The van der Waals surface area contributed by atoms with Gasteiger partial charge in [-0.05, 0) is 54.4 Å². The van der Waals surface area contributed by atoms with Gasteiger partial charge in [0, 0.05) is 42.6 Å². The van der Waals surface area contributed by atoms with Crippen molar-refractivity contribution < 1.29 is 9.53 Å². The van der Waals surface area contributed by atoms with E-state index in [0.717, 1.165) is 34.3 Å². The highest BCUT2D eigenvalue weighted by Crippen LogP contribution is 2.23. The second-order valence-corrected chi connectivity index (χ2v) is 7.11. The lowest BCUT2D eigenvalue weighted by Gasteiger charge is -2.07. The fraction of sp³-hybridized carbons (Fsp3) is 0.217. The minimum absolute atomic E-state index is 0.105. The number of carbonyl (C=O) groups is 1. The number of carbonyl (C=O) groups excluding carboxylic acids is 1. The molecule has 31 heavy (non-hydrogen) atoms. The van der Waals surface area contributed by atoms with Crippen LogP contribution < -0.4 is 10.6 Å². The number of pyridine rings is 1. The Hall–Kier alpha value is -3.78. The van der Waals surface area contributed by atoms with Crippen molar-refractivity contribution in [3.8, 4) is 11.4 Å². The Morgan fingerprint density at radius 1 is 1.06 bits per heavy atom. The summed E-state index contributed by atoms with van der Waals surface area (Å²) in [6.07, 6.45) is 4.33. The molecule has 158 valence electrons. The molecule has 0 saturated carbocycles. The van der Waals surface area contributed by atoms with Gasteiger partial charge < -0.3 is 20.4 Å². The van der Waals surface area contributed by atoms with Gasteiger partial charge in [-0.15, -0.1) is 0 Å². The third-order valence-corrected chi connectivity index (χ3v) is 4.71. The van der Waals surface area contributed by atoms with Crippen LogP contribution in [0.3, 0.4) is 0 Å². The number of aromatic nitrogens is 4. The van der Waals surface area contributed by atoms with Crippen LogP contribution in [0.1, 0.15) is 29.4 Å². The van der Waals surface area contributed by atoms with E-state index in [4.69, 9.17) is 4.74 Å². The van der Waals surface area contributed by atoms with E-state index in [1.54, 1.807) is 19.5 Å². The Kier molecular flexibility index (Phi) is 6.18. The summed E-state index contributed by atoms with van der Waals surface area (Å²) in [6.45, 7) is 3.19. The first kappa shape index (κ1) is 20.5. The third kappa shape index (κ3) is 4.87. The molecule has 0 radical (unpaired) electrons. The molecule has 8 nitrogen and oxygen atoms in total. The smallest absolute Gasteiger partial charge is 0.267 e. The molecule has 0 aliphatic carbocycles. The Morgan fingerprint density at radius 3 is 2.77 bits per heavy atom. The van der Waals surface area contributed by atoms with Crippen LogP contribution >= 0.6 is 0 Å². The van der Waals surface area contributed by atoms with E-state index >= 15 is 0 Å². The first-order chi connectivity index (χ1) is 15.2. The maximum Gasteiger partial charge on any atom is 0.267 e. The van der Waals surface area contributed by atoms with E-state index in [0.29, 0.717) is 30.5 Å². The van der Waals surface area contributed by atoms with Gasteiger partial charge in [0.15, 0.2) is 0 Å². The summed E-state index contributed by atoms with van der Waals surface area (Å²) < 4.78 is 5.19. The Balaban J connectivity index is 1.54. The standard InChI is InChI=1S/C23H24N6O2/c1-3-8-25-22(30)21-13-16-12-17(4-5-18(16)28-21)27-23-26-10-7-19(29-23)20-11-15(14-31-2)6-9-24-20/h4-7,9-13,28H,3,8,14H2,1-2H3,(H,25,30)(H,26,27,29). The Morgan fingerprint density at radius 2 is 1.94 bits per heavy atom. The van der Waals surface area contributed by atoms with Gasteiger partial charge in [0.05, 0.1) is 18.0 Å². The Bertz CT molecular complexity index is 1200. The molecule has 4 aromatic rings. The molecular weight excluding hydrogens is 392 g/mol. The lowest BCUT2D eigenvalue weighted by molar-refractivity contribution is 0.0949. The average Bonchev–Trinajstić information content (AvgIpc) is 3.22. The number of H-pyrrole nitrogens is 1. The highest BCUT2D eigenvalue weighted by atomic mass is 16.5. The largest absolute Gasteiger partial charge is 0.380 e. The van der Waals surface area contributed by atoms with Gasteiger partial charge in [-0.2, -0.15) is 0 Å². The molecule has 8 heteroatoms. The average molecular weight is 416 g/mol. The topological polar surface area (TPSA) is 105 Å². The molecular formula is C23H24N6O2. The lowest BCUT2D eigenvalue weighted by atomic mass is 10.2. The van der Waals surface area contributed by atoms with Crippen LogP contribution in [-0.2, 0) is 11.3 Å². The molecule has 4 rings (SSSR count). The van der Waals surface area contributed by atoms with Crippen molar-refractivity contribution in [2.75, 3.05) is 19.0 Å². The predicted molar refractivity (Wildman–Crippen MR) is 120 cm³/mol. The molecule has 3 heterocycles. The summed E-state index contributed by atoms with van der Waals surface area (Å²) in [4.78, 5) is 28.7. The molecule has 0 saturated heterocycles. The summed E-state index contributed by atoms with van der Waals surface area (Å²) in [5, 5.41) is 7.04. The number of anilines is 2. The molecule has 1 amide bonds. The van der Waals surface area contributed by atoms with Crippen molar-refractivity contribution >= 4 is 28.4 Å². The first-order valence-electron chi connectivity index (χ1n) is 10.1. The molecule has 0 aliphatic rings. The maximum absolute atomic E-state index is 12.2. The van der Waals surface area contributed by atoms with Gasteiger partial charge in [0.25, 0.3) is 5.91 Å². The van der Waals surface area contributed by atoms with Crippen LogP contribution in [0.25, 0.3) is 22.3 Å². The van der Waals surface area contributed by atoms with Gasteiger partial charge in [-0.1, -0.05) is 6.92 Å². The molecule has 0 spiro atoms. The van der Waals surface area contributed by atoms with Crippen LogP contribution in [0.4, 0.5) is 11.6 Å². The van der Waals surface area contributed by atoms with Crippen LogP contribution in [0.2, 0.25) is 0 Å². The molecule has 0 bridgehead atoms. The number of nitrogens with zero attached hydrogens (tertiary/aromatic N) is 3. The quantitative estimate of drug-likeness (QED) is 0.400. The third-order valence-electron chi connectivity index (χ3n) is 4.71. The van der Waals surface area contributed by atoms with Crippen molar-refractivity contribution in [1.82, 2.24) is 25.3 Å². The zero-order valence-corrected chi connectivity index (χ0v) is 17.5. The van der Waals surface area contributed by atoms with Crippen LogP contribution in [-0.4, -0.2) is 39.5 Å². The van der Waals surface area contributed by atoms with Gasteiger partial charge in [-0.3, -0.25) is 9.78 Å². The number of ether oxygens (including phenoxy) is 1. The van der Waals surface area contributed by atoms with E-state index < -0.39 is 0 Å². The molecule has 3 aromatic heterocycles. The van der Waals surface area contributed by atoms with Crippen molar-refractivity contribution in [1.29, 1.82) is 0 Å². The number of nitrogens with one attached hydrogen (secondary N) is 3. The summed E-state index contributed by atoms with van der Waals surface area (Å²) in [7, 11) is 1.66. The number of hydrogen-bond donors (Lipinski definition) is 3. The first-order valence-corrected chi connectivity index (χ1v) is 10.1. The summed E-state index contributed by atoms with van der Waals surface area (Å²) in [6, 6.07) is 13.3. The Labute approximate surface area is 180 Å². The number of fused-ring (bicyclic) bond motifs is 1. The molecule has 0 aliphatic heterocycles. The van der Waals surface area contributed by atoms with E-state index in [1.807, 2.05) is 49.4 Å². The van der Waals surface area contributed by atoms with Gasteiger partial charge >= 0.3 is 0 Å². The van der Waals surface area contributed by atoms with Gasteiger partial charge in [0.2, 0.25) is 5.95 Å². The van der Waals surface area contributed by atoms with Crippen LogP contribution in [0.15, 0.2) is 54.9 Å². The van der Waals surface area contributed by atoms with Crippen LogP contribution in [0.5, 0.6) is 0 Å². The fourth-order valence-corrected chi connectivity index (χ4v) is 3.23. The number of amides is 1. The second kappa shape index (κ2) is 9.36. The second-order valence-electron chi connectivity index (χ2n) is 7.11. The molecule has 0 atom stereocenters. The number of rotatable bonds is 8.